The van der Waals surface area contributed by atoms with Gasteiger partial charge in [0.25, 0.3) is 0 Å². The predicted molar refractivity (Wildman–Crippen MR) is 101 cm³/mol. The lowest BCUT2D eigenvalue weighted by Gasteiger charge is -2.34. The Morgan fingerprint density at radius 1 is 1.17 bits per heavy atom. The van der Waals surface area contributed by atoms with Crippen LogP contribution in [0, 0.1) is 0 Å². The van der Waals surface area contributed by atoms with Crippen LogP contribution in [0.4, 0.5) is 4.79 Å². The molecule has 4 rings (SSSR count). The van der Waals surface area contributed by atoms with E-state index in [-0.39, 0.29) is 43.8 Å². The van der Waals surface area contributed by atoms with Gasteiger partial charge in [-0.25, -0.2) is 14.8 Å². The van der Waals surface area contributed by atoms with Gasteiger partial charge < -0.3 is 19.1 Å². The van der Waals surface area contributed by atoms with Crippen LogP contribution in [-0.2, 0) is 14.3 Å². The van der Waals surface area contributed by atoms with E-state index in [1.807, 2.05) is 30.3 Å². The highest BCUT2D eigenvalue weighted by Gasteiger charge is 2.37. The maximum Gasteiger partial charge on any atom is 0.410 e. The number of morpholine rings is 1. The number of hydrogen-bond acceptors (Lipinski definition) is 7. The molecule has 29 heavy (non-hydrogen) atoms. The van der Waals surface area contributed by atoms with E-state index in [1.54, 1.807) is 23.4 Å². The van der Waals surface area contributed by atoms with Gasteiger partial charge in [0, 0.05) is 18.9 Å². The molecule has 1 aromatic carbocycles. The molecule has 9 heteroatoms. The Bertz CT molecular complexity index is 835. The summed E-state index contributed by atoms with van der Waals surface area (Å²) in [5.41, 5.74) is 0.947. The Morgan fingerprint density at radius 2 is 1.97 bits per heavy atom. The fourth-order valence-corrected chi connectivity index (χ4v) is 3.40. The lowest BCUT2D eigenvalue weighted by molar-refractivity contribution is -0.140. The monoisotopic (exact) mass is 398 g/mol. The Morgan fingerprint density at radius 3 is 2.76 bits per heavy atom. The molecule has 0 saturated carbocycles. The molecule has 9 nitrogen and oxygen atoms in total. The van der Waals surface area contributed by atoms with Gasteiger partial charge >= 0.3 is 12.1 Å². The molecule has 0 radical (unpaired) electrons. The number of rotatable bonds is 6. The first-order valence-electron chi connectivity index (χ1n) is 9.48. The van der Waals surface area contributed by atoms with E-state index >= 15 is 0 Å². The minimum atomic E-state index is -0.471. The number of nitrogens with zero attached hydrogens (tertiary/aromatic N) is 4. The number of hydrogen-bond donors (Lipinski definition) is 0. The lowest BCUT2D eigenvalue weighted by atomic mass is 10.1. The molecule has 2 aliphatic heterocycles. The number of benzene rings is 1. The molecular weight excluding hydrogens is 376 g/mol. The molecule has 1 unspecified atom stereocenters. The van der Waals surface area contributed by atoms with Crippen molar-refractivity contribution < 1.29 is 23.8 Å². The van der Waals surface area contributed by atoms with Gasteiger partial charge in [-0.05, 0) is 11.6 Å². The first-order valence-corrected chi connectivity index (χ1v) is 9.48. The molecule has 2 amide bonds. The van der Waals surface area contributed by atoms with Crippen LogP contribution in [0.25, 0.3) is 0 Å². The van der Waals surface area contributed by atoms with Crippen molar-refractivity contribution in [2.45, 2.75) is 12.1 Å². The highest BCUT2D eigenvalue weighted by atomic mass is 16.6. The summed E-state index contributed by atoms with van der Waals surface area (Å²) in [7, 11) is 0. The zero-order valence-corrected chi connectivity index (χ0v) is 15.8. The number of amides is 2. The zero-order valence-electron chi connectivity index (χ0n) is 15.8. The van der Waals surface area contributed by atoms with Gasteiger partial charge in [-0.1, -0.05) is 30.3 Å². The number of cyclic esters (lactones) is 1. The van der Waals surface area contributed by atoms with Crippen LogP contribution >= 0.6 is 0 Å². The third-order valence-corrected chi connectivity index (χ3v) is 4.90. The number of ether oxygens (including phenoxy) is 3. The molecule has 2 fully saturated rings. The maximum atomic E-state index is 12.9. The summed E-state index contributed by atoms with van der Waals surface area (Å²) < 4.78 is 16.4. The van der Waals surface area contributed by atoms with E-state index in [0.717, 1.165) is 5.56 Å². The molecular formula is C20H22N4O5. The van der Waals surface area contributed by atoms with E-state index < -0.39 is 6.09 Å². The van der Waals surface area contributed by atoms with Gasteiger partial charge in [0.2, 0.25) is 5.91 Å². The van der Waals surface area contributed by atoms with Crippen LogP contribution in [0.2, 0.25) is 0 Å². The SMILES string of the molecule is O=C(CN1C(=O)OC[C@@H]1c1ccccc1)N1CCOC(COc2ncccn2)C1. The van der Waals surface area contributed by atoms with Crippen LogP contribution in [-0.4, -0.2) is 77.3 Å². The Kier molecular flexibility index (Phi) is 5.85. The van der Waals surface area contributed by atoms with Crippen molar-refractivity contribution in [2.24, 2.45) is 0 Å². The smallest absolute Gasteiger partial charge is 0.410 e. The van der Waals surface area contributed by atoms with Crippen LogP contribution in [0.5, 0.6) is 6.01 Å². The summed E-state index contributed by atoms with van der Waals surface area (Å²) in [5.74, 6) is -0.144. The van der Waals surface area contributed by atoms with Crippen molar-refractivity contribution in [3.63, 3.8) is 0 Å². The third kappa shape index (κ3) is 4.62. The summed E-state index contributed by atoms with van der Waals surface area (Å²) in [6.45, 7) is 1.70. The quantitative estimate of drug-likeness (QED) is 0.723. The van der Waals surface area contributed by atoms with Crippen molar-refractivity contribution in [3.8, 4) is 6.01 Å². The molecule has 0 spiro atoms. The second-order valence-corrected chi connectivity index (χ2v) is 6.81. The van der Waals surface area contributed by atoms with Crippen molar-refractivity contribution in [3.05, 3.63) is 54.4 Å². The van der Waals surface area contributed by atoms with Gasteiger partial charge in [-0.15, -0.1) is 0 Å². The Labute approximate surface area is 168 Å². The zero-order chi connectivity index (χ0) is 20.1. The fraction of sp³-hybridized carbons (Fsp3) is 0.400. The molecule has 0 aliphatic carbocycles. The highest BCUT2D eigenvalue weighted by molar-refractivity contribution is 5.83. The molecule has 0 bridgehead atoms. The van der Waals surface area contributed by atoms with E-state index in [9.17, 15) is 9.59 Å². The third-order valence-electron chi connectivity index (χ3n) is 4.90. The molecule has 3 heterocycles. The normalized spacial score (nSPS) is 21.7. The summed E-state index contributed by atoms with van der Waals surface area (Å²) in [6.07, 6.45) is 2.43. The van der Waals surface area contributed by atoms with Crippen molar-refractivity contribution in [2.75, 3.05) is 39.5 Å². The molecule has 0 N–H and O–H groups in total. The molecule has 152 valence electrons. The molecule has 1 aromatic heterocycles. The highest BCUT2D eigenvalue weighted by Crippen LogP contribution is 2.27. The predicted octanol–water partition coefficient (Wildman–Crippen LogP) is 1.28. The van der Waals surface area contributed by atoms with Crippen LogP contribution in [0.1, 0.15) is 11.6 Å². The molecule has 2 aromatic rings. The Hall–Kier alpha value is -3.20. The number of carbonyl (C=O) groups excluding carboxylic acids is 2. The average Bonchev–Trinajstić information content (AvgIpc) is 3.14. The first-order chi connectivity index (χ1) is 14.2. The Balaban J connectivity index is 1.34. The van der Waals surface area contributed by atoms with Crippen molar-refractivity contribution in [1.82, 2.24) is 19.8 Å². The fourth-order valence-electron chi connectivity index (χ4n) is 3.40. The number of aromatic nitrogens is 2. The maximum absolute atomic E-state index is 12.9. The minimum Gasteiger partial charge on any atom is -0.461 e. The molecule has 2 saturated heterocycles. The summed E-state index contributed by atoms with van der Waals surface area (Å²) >= 11 is 0. The first kappa shape index (κ1) is 19.1. The second-order valence-electron chi connectivity index (χ2n) is 6.81. The summed E-state index contributed by atoms with van der Waals surface area (Å²) in [5, 5.41) is 0. The second kappa shape index (κ2) is 8.87. The van der Waals surface area contributed by atoms with Gasteiger partial charge in [-0.2, -0.15) is 0 Å². The van der Waals surface area contributed by atoms with Crippen LogP contribution < -0.4 is 4.74 Å². The van der Waals surface area contributed by atoms with E-state index in [0.29, 0.717) is 19.7 Å². The van der Waals surface area contributed by atoms with E-state index in [1.165, 1.54) is 4.90 Å². The van der Waals surface area contributed by atoms with Gasteiger partial charge in [-0.3, -0.25) is 9.69 Å². The minimum absolute atomic E-state index is 0.0340. The summed E-state index contributed by atoms with van der Waals surface area (Å²) in [4.78, 5) is 36.2. The van der Waals surface area contributed by atoms with Gasteiger partial charge in [0.1, 0.15) is 25.9 Å². The molecule has 2 atom stereocenters. The average molecular weight is 398 g/mol. The van der Waals surface area contributed by atoms with Crippen molar-refractivity contribution in [1.29, 1.82) is 0 Å². The topological polar surface area (TPSA) is 94.1 Å². The van der Waals surface area contributed by atoms with Crippen LogP contribution in [0.15, 0.2) is 48.8 Å². The molecule has 2 aliphatic rings. The van der Waals surface area contributed by atoms with E-state index in [2.05, 4.69) is 9.97 Å². The van der Waals surface area contributed by atoms with Crippen molar-refractivity contribution >= 4 is 12.0 Å². The standard InChI is InChI=1S/C20H22N4O5/c25-18(12-24-17(14-29-20(24)26)15-5-2-1-3-6-15)23-9-10-27-16(11-23)13-28-19-21-7-4-8-22-19/h1-8,16-17H,9-14H2/t16?,17-/m1/s1. The largest absolute Gasteiger partial charge is 0.461 e. The lowest BCUT2D eigenvalue weighted by Crippen LogP contribution is -2.50. The van der Waals surface area contributed by atoms with Gasteiger partial charge in [0.05, 0.1) is 19.2 Å². The number of carbonyl (C=O) groups is 2. The summed E-state index contributed by atoms with van der Waals surface area (Å²) in [6, 6.07) is 11.3. The van der Waals surface area contributed by atoms with Crippen LogP contribution in [0.3, 0.4) is 0 Å². The van der Waals surface area contributed by atoms with Gasteiger partial charge in [0.15, 0.2) is 0 Å². The van der Waals surface area contributed by atoms with E-state index in [4.69, 9.17) is 14.2 Å².